The number of nitrogens with zero attached hydrogens (tertiary/aromatic N) is 5. The van der Waals surface area contributed by atoms with Crippen molar-refractivity contribution in [3.63, 3.8) is 0 Å². The number of rotatable bonds is 2. The van der Waals surface area contributed by atoms with Crippen molar-refractivity contribution in [3.05, 3.63) is 53.9 Å². The lowest BCUT2D eigenvalue weighted by Crippen LogP contribution is -2.47. The van der Waals surface area contributed by atoms with Crippen LogP contribution in [0.5, 0.6) is 0 Å². The maximum atomic E-state index is 13.2. The molecular formula is C20H20N6O2. The van der Waals surface area contributed by atoms with Crippen LogP contribution in [0.2, 0.25) is 0 Å². The van der Waals surface area contributed by atoms with Gasteiger partial charge in [-0.2, -0.15) is 15.4 Å². The molecule has 2 bridgehead atoms. The summed E-state index contributed by atoms with van der Waals surface area (Å²) in [6.07, 6.45) is 3.58. The number of benzene rings is 1. The molecule has 2 aromatic heterocycles. The van der Waals surface area contributed by atoms with E-state index in [1.54, 1.807) is 36.5 Å². The Balaban J connectivity index is 1.39. The molecule has 28 heavy (non-hydrogen) atoms. The highest BCUT2D eigenvalue weighted by atomic mass is 16.2. The fourth-order valence-corrected chi connectivity index (χ4v) is 4.29. The molecule has 2 amide bonds. The molecule has 0 aliphatic carbocycles. The van der Waals surface area contributed by atoms with Crippen LogP contribution in [0.25, 0.3) is 11.0 Å². The highest BCUT2D eigenvalue weighted by Crippen LogP contribution is 2.30. The van der Waals surface area contributed by atoms with Crippen LogP contribution in [0.4, 0.5) is 0 Å². The van der Waals surface area contributed by atoms with E-state index in [0.29, 0.717) is 36.4 Å². The molecule has 3 aliphatic rings. The topological polar surface area (TPSA) is 95.1 Å². The van der Waals surface area contributed by atoms with Gasteiger partial charge in [-0.15, -0.1) is 0 Å². The molecule has 1 N–H and O–H groups in total. The molecule has 6 rings (SSSR count). The van der Waals surface area contributed by atoms with Crippen molar-refractivity contribution >= 4 is 22.8 Å². The lowest BCUT2D eigenvalue weighted by molar-refractivity contribution is 0.0574. The van der Waals surface area contributed by atoms with E-state index in [1.807, 2.05) is 15.9 Å². The van der Waals surface area contributed by atoms with Gasteiger partial charge in [-0.3, -0.25) is 14.6 Å². The average Bonchev–Trinajstić information content (AvgIpc) is 3.02. The number of carbonyl (C=O) groups excluding carboxylic acids is 2. The number of hydrogen-bond acceptors (Lipinski definition) is 5. The number of pyridine rings is 1. The quantitative estimate of drug-likeness (QED) is 0.735. The Morgan fingerprint density at radius 1 is 0.964 bits per heavy atom. The largest absolute Gasteiger partial charge is 0.335 e. The summed E-state index contributed by atoms with van der Waals surface area (Å²) in [6.45, 7) is 1.88. The highest BCUT2D eigenvalue weighted by Gasteiger charge is 2.39. The van der Waals surface area contributed by atoms with Crippen LogP contribution in [0.15, 0.2) is 42.6 Å². The van der Waals surface area contributed by atoms with Crippen LogP contribution in [0.3, 0.4) is 0 Å². The predicted molar refractivity (Wildman–Crippen MR) is 102 cm³/mol. The molecule has 1 aromatic carbocycles. The summed E-state index contributed by atoms with van der Waals surface area (Å²) in [4.78, 5) is 34.1. The Morgan fingerprint density at radius 2 is 1.86 bits per heavy atom. The summed E-state index contributed by atoms with van der Waals surface area (Å²) >= 11 is 0. The van der Waals surface area contributed by atoms with E-state index in [9.17, 15) is 9.59 Å². The van der Waals surface area contributed by atoms with Crippen LogP contribution < -0.4 is 0 Å². The lowest BCUT2D eigenvalue weighted by atomic mass is 9.94. The summed E-state index contributed by atoms with van der Waals surface area (Å²) < 4.78 is 0. The van der Waals surface area contributed by atoms with Crippen LogP contribution in [0, 0.1) is 5.92 Å². The summed E-state index contributed by atoms with van der Waals surface area (Å²) in [7, 11) is 0. The standard InChI is InChI=1S/C20H20N6O2/c27-19(14-5-7-16-18(9-14)23-24-22-16)26-11-13-4-6-15(26)12-25(10-13)20(28)17-3-1-2-8-21-17/h1-3,5,7-9,13,15H,4,6,10-12H2,(H,22,23,24)/t13-,15+/m0/s1. The van der Waals surface area contributed by atoms with E-state index in [2.05, 4.69) is 20.4 Å². The lowest BCUT2D eigenvalue weighted by Gasteiger charge is -2.36. The Kier molecular flexibility index (Phi) is 4.03. The number of nitrogens with one attached hydrogen (secondary N) is 1. The maximum Gasteiger partial charge on any atom is 0.272 e. The van der Waals surface area contributed by atoms with Crippen molar-refractivity contribution in [1.29, 1.82) is 0 Å². The molecule has 0 radical (unpaired) electrons. The van der Waals surface area contributed by atoms with E-state index < -0.39 is 0 Å². The second kappa shape index (κ2) is 6.70. The van der Waals surface area contributed by atoms with Gasteiger partial charge in [0.05, 0.1) is 0 Å². The third kappa shape index (κ3) is 2.90. The van der Waals surface area contributed by atoms with Crippen LogP contribution in [-0.2, 0) is 0 Å². The van der Waals surface area contributed by atoms with Gasteiger partial charge in [0.25, 0.3) is 11.8 Å². The third-order valence-electron chi connectivity index (χ3n) is 5.71. The first-order valence-corrected chi connectivity index (χ1v) is 9.51. The number of carbonyl (C=O) groups is 2. The highest BCUT2D eigenvalue weighted by molar-refractivity contribution is 5.97. The molecule has 0 saturated carbocycles. The minimum absolute atomic E-state index is 0.00765. The smallest absolute Gasteiger partial charge is 0.272 e. The zero-order chi connectivity index (χ0) is 19.1. The van der Waals surface area contributed by atoms with Gasteiger partial charge in [0, 0.05) is 37.4 Å². The molecule has 0 unspecified atom stereocenters. The van der Waals surface area contributed by atoms with E-state index in [-0.39, 0.29) is 23.8 Å². The van der Waals surface area contributed by atoms with Crippen LogP contribution >= 0.6 is 0 Å². The Morgan fingerprint density at radius 3 is 2.71 bits per heavy atom. The van der Waals surface area contributed by atoms with Gasteiger partial charge in [0.2, 0.25) is 0 Å². The second-order valence-electron chi connectivity index (χ2n) is 7.51. The monoisotopic (exact) mass is 376 g/mol. The van der Waals surface area contributed by atoms with Gasteiger partial charge in [-0.1, -0.05) is 6.07 Å². The number of piperidine rings is 1. The average molecular weight is 376 g/mol. The van der Waals surface area contributed by atoms with Crippen molar-refractivity contribution in [2.75, 3.05) is 19.6 Å². The zero-order valence-electron chi connectivity index (χ0n) is 15.3. The fraction of sp³-hybridized carbons (Fsp3) is 0.350. The number of hydrogen-bond donors (Lipinski definition) is 1. The minimum Gasteiger partial charge on any atom is -0.335 e. The van der Waals surface area contributed by atoms with E-state index in [4.69, 9.17) is 0 Å². The molecule has 3 fully saturated rings. The number of H-pyrrole nitrogens is 1. The molecule has 3 saturated heterocycles. The molecule has 8 nitrogen and oxygen atoms in total. The molecule has 3 aromatic rings. The summed E-state index contributed by atoms with van der Waals surface area (Å²) in [5.74, 6) is 0.216. The van der Waals surface area contributed by atoms with Crippen molar-refractivity contribution in [3.8, 4) is 0 Å². The SMILES string of the molecule is O=C(c1ccccn1)N1C[C@@H]2CC[C@H](C1)N(C(=O)c1ccc3n[nH]nc3c1)C2. The molecule has 5 heterocycles. The Hall–Kier alpha value is -3.29. The number of aromatic amines is 1. The van der Waals surface area contributed by atoms with Crippen molar-refractivity contribution < 1.29 is 9.59 Å². The van der Waals surface area contributed by atoms with Crippen LogP contribution in [-0.4, -0.2) is 67.7 Å². The van der Waals surface area contributed by atoms with Crippen molar-refractivity contribution in [2.24, 2.45) is 5.92 Å². The Labute approximate surface area is 161 Å². The predicted octanol–water partition coefficient (Wildman–Crippen LogP) is 1.73. The van der Waals surface area contributed by atoms with Gasteiger partial charge in [-0.25, -0.2) is 0 Å². The van der Waals surface area contributed by atoms with Gasteiger partial charge in [0.15, 0.2) is 0 Å². The van der Waals surface area contributed by atoms with Crippen molar-refractivity contribution in [1.82, 2.24) is 30.2 Å². The molecule has 2 atom stereocenters. The summed E-state index contributed by atoms with van der Waals surface area (Å²) in [5, 5.41) is 10.7. The molecule has 0 spiro atoms. The van der Waals surface area contributed by atoms with E-state index in [1.165, 1.54) is 0 Å². The summed E-state index contributed by atoms with van der Waals surface area (Å²) in [5.41, 5.74) is 2.48. The number of fused-ring (bicyclic) bond motifs is 5. The molecular weight excluding hydrogens is 356 g/mol. The molecule has 142 valence electrons. The Bertz CT molecular complexity index is 1030. The number of aromatic nitrogens is 4. The van der Waals surface area contributed by atoms with Gasteiger partial charge >= 0.3 is 0 Å². The van der Waals surface area contributed by atoms with E-state index in [0.717, 1.165) is 18.4 Å². The van der Waals surface area contributed by atoms with E-state index >= 15 is 0 Å². The first kappa shape index (κ1) is 16.9. The van der Waals surface area contributed by atoms with Gasteiger partial charge in [-0.05, 0) is 49.1 Å². The fourth-order valence-electron chi connectivity index (χ4n) is 4.29. The minimum atomic E-state index is -0.0594. The first-order chi connectivity index (χ1) is 13.7. The maximum absolute atomic E-state index is 13.2. The summed E-state index contributed by atoms with van der Waals surface area (Å²) in [6, 6.07) is 10.8. The van der Waals surface area contributed by atoms with Crippen LogP contribution in [0.1, 0.15) is 33.7 Å². The second-order valence-corrected chi connectivity index (χ2v) is 7.51. The number of amides is 2. The van der Waals surface area contributed by atoms with Gasteiger partial charge in [0.1, 0.15) is 16.7 Å². The third-order valence-corrected chi connectivity index (χ3v) is 5.71. The van der Waals surface area contributed by atoms with Gasteiger partial charge < -0.3 is 9.80 Å². The first-order valence-electron chi connectivity index (χ1n) is 9.51. The normalized spacial score (nSPS) is 21.7. The molecule has 8 heteroatoms. The molecule has 3 aliphatic heterocycles. The van der Waals surface area contributed by atoms with Crippen molar-refractivity contribution in [2.45, 2.75) is 18.9 Å². The zero-order valence-corrected chi connectivity index (χ0v) is 15.3.